The third-order valence-electron chi connectivity index (χ3n) is 2.90. The highest BCUT2D eigenvalue weighted by atomic mass is 16.6. The standard InChI is InChI=1S/C13H15N5O3/c1-8-11(18(19)20)12(17-13(14)16-8)15-7-9-5-3-4-6-10(9)21-2/h3-6H,7H2,1-2H3,(H3,14,15,16,17). The van der Waals surface area contributed by atoms with Crippen molar-refractivity contribution in [2.24, 2.45) is 0 Å². The highest BCUT2D eigenvalue weighted by molar-refractivity contribution is 5.60. The second-order valence-electron chi connectivity index (χ2n) is 4.29. The summed E-state index contributed by atoms with van der Waals surface area (Å²) in [4.78, 5) is 18.3. The molecule has 2 aromatic rings. The van der Waals surface area contributed by atoms with E-state index in [1.165, 1.54) is 6.92 Å². The molecule has 0 aliphatic rings. The molecule has 0 spiro atoms. The summed E-state index contributed by atoms with van der Waals surface area (Å²) in [6.45, 7) is 1.84. The summed E-state index contributed by atoms with van der Waals surface area (Å²) in [6, 6.07) is 7.37. The highest BCUT2D eigenvalue weighted by Crippen LogP contribution is 2.27. The number of anilines is 2. The number of nitrogens with one attached hydrogen (secondary N) is 1. The van der Waals surface area contributed by atoms with Crippen molar-refractivity contribution in [1.29, 1.82) is 0 Å². The molecule has 0 atom stereocenters. The van der Waals surface area contributed by atoms with Gasteiger partial charge in [0, 0.05) is 12.1 Å². The number of nitrogens with zero attached hydrogens (tertiary/aromatic N) is 3. The van der Waals surface area contributed by atoms with E-state index < -0.39 is 4.92 Å². The van der Waals surface area contributed by atoms with Crippen LogP contribution in [0.4, 0.5) is 17.5 Å². The van der Waals surface area contributed by atoms with E-state index in [9.17, 15) is 10.1 Å². The van der Waals surface area contributed by atoms with Gasteiger partial charge in [0.1, 0.15) is 11.4 Å². The zero-order valence-electron chi connectivity index (χ0n) is 11.7. The Hall–Kier alpha value is -2.90. The molecule has 0 bridgehead atoms. The second-order valence-corrected chi connectivity index (χ2v) is 4.29. The maximum Gasteiger partial charge on any atom is 0.332 e. The largest absolute Gasteiger partial charge is 0.496 e. The lowest BCUT2D eigenvalue weighted by atomic mass is 10.2. The van der Waals surface area contributed by atoms with Gasteiger partial charge in [0.15, 0.2) is 0 Å². The van der Waals surface area contributed by atoms with Gasteiger partial charge in [-0.05, 0) is 13.0 Å². The van der Waals surface area contributed by atoms with Crippen LogP contribution in [0.15, 0.2) is 24.3 Å². The molecule has 0 aliphatic heterocycles. The first-order chi connectivity index (χ1) is 10.0. The van der Waals surface area contributed by atoms with Gasteiger partial charge in [-0.2, -0.15) is 4.98 Å². The van der Waals surface area contributed by atoms with Gasteiger partial charge in [-0.15, -0.1) is 0 Å². The lowest BCUT2D eigenvalue weighted by Crippen LogP contribution is -2.10. The van der Waals surface area contributed by atoms with E-state index in [1.54, 1.807) is 7.11 Å². The van der Waals surface area contributed by atoms with Crippen molar-refractivity contribution < 1.29 is 9.66 Å². The number of nitrogens with two attached hydrogens (primary N) is 1. The number of hydrogen-bond acceptors (Lipinski definition) is 7. The van der Waals surface area contributed by atoms with E-state index in [1.807, 2.05) is 24.3 Å². The van der Waals surface area contributed by atoms with Crippen molar-refractivity contribution in [2.75, 3.05) is 18.2 Å². The van der Waals surface area contributed by atoms with Gasteiger partial charge in [0.2, 0.25) is 11.8 Å². The van der Waals surface area contributed by atoms with Crippen LogP contribution in [-0.2, 0) is 6.54 Å². The molecule has 0 amide bonds. The van der Waals surface area contributed by atoms with Crippen LogP contribution in [0.5, 0.6) is 5.75 Å². The summed E-state index contributed by atoms with van der Waals surface area (Å²) in [7, 11) is 1.56. The molecule has 110 valence electrons. The van der Waals surface area contributed by atoms with E-state index in [-0.39, 0.29) is 23.1 Å². The van der Waals surface area contributed by atoms with E-state index in [2.05, 4.69) is 15.3 Å². The minimum absolute atomic E-state index is 0.0133. The van der Waals surface area contributed by atoms with Crippen LogP contribution in [0.3, 0.4) is 0 Å². The number of methoxy groups -OCH3 is 1. The van der Waals surface area contributed by atoms with Crippen LogP contribution < -0.4 is 15.8 Å². The molecular formula is C13H15N5O3. The summed E-state index contributed by atoms with van der Waals surface area (Å²) < 4.78 is 5.23. The zero-order valence-corrected chi connectivity index (χ0v) is 11.7. The summed E-state index contributed by atoms with van der Waals surface area (Å²) in [5.41, 5.74) is 6.43. The van der Waals surface area contributed by atoms with Gasteiger partial charge < -0.3 is 15.8 Å². The first-order valence-corrected chi connectivity index (χ1v) is 6.17. The minimum atomic E-state index is -0.528. The third kappa shape index (κ3) is 3.16. The number of nitrogen functional groups attached to an aromatic ring is 1. The number of aromatic nitrogens is 2. The second kappa shape index (κ2) is 6.04. The fourth-order valence-corrected chi connectivity index (χ4v) is 1.96. The van der Waals surface area contributed by atoms with Gasteiger partial charge in [0.05, 0.1) is 12.0 Å². The lowest BCUT2D eigenvalue weighted by molar-refractivity contribution is -0.385. The van der Waals surface area contributed by atoms with Gasteiger partial charge in [-0.1, -0.05) is 18.2 Å². The molecule has 8 heteroatoms. The number of rotatable bonds is 5. The van der Waals surface area contributed by atoms with E-state index in [4.69, 9.17) is 10.5 Å². The fraction of sp³-hybridized carbons (Fsp3) is 0.231. The average Bonchev–Trinajstić information content (AvgIpc) is 2.44. The molecule has 1 heterocycles. The molecule has 0 saturated heterocycles. The quantitative estimate of drug-likeness (QED) is 0.637. The van der Waals surface area contributed by atoms with Crippen LogP contribution in [0.25, 0.3) is 0 Å². The average molecular weight is 289 g/mol. The number of hydrogen-bond donors (Lipinski definition) is 2. The van der Waals surface area contributed by atoms with Crippen LogP contribution >= 0.6 is 0 Å². The predicted octanol–water partition coefficient (Wildman–Crippen LogP) is 1.90. The topological polar surface area (TPSA) is 116 Å². The van der Waals surface area contributed by atoms with Crippen molar-refractivity contribution in [3.63, 3.8) is 0 Å². The lowest BCUT2D eigenvalue weighted by Gasteiger charge is -2.11. The number of aryl methyl sites for hydroxylation is 1. The Morgan fingerprint density at radius 3 is 2.76 bits per heavy atom. The Kier molecular flexibility index (Phi) is 4.17. The van der Waals surface area contributed by atoms with Crippen LogP contribution in [0, 0.1) is 17.0 Å². The third-order valence-corrected chi connectivity index (χ3v) is 2.90. The zero-order chi connectivity index (χ0) is 15.4. The molecule has 2 rings (SSSR count). The van der Waals surface area contributed by atoms with Crippen molar-refractivity contribution in [3.8, 4) is 5.75 Å². The molecule has 1 aromatic carbocycles. The molecule has 1 aromatic heterocycles. The molecule has 0 fully saturated rings. The smallest absolute Gasteiger partial charge is 0.332 e. The minimum Gasteiger partial charge on any atom is -0.496 e. The summed E-state index contributed by atoms with van der Waals surface area (Å²) >= 11 is 0. The maximum atomic E-state index is 11.1. The Morgan fingerprint density at radius 1 is 1.38 bits per heavy atom. The maximum absolute atomic E-state index is 11.1. The number of nitro groups is 1. The molecule has 8 nitrogen and oxygen atoms in total. The van der Waals surface area contributed by atoms with Gasteiger partial charge >= 0.3 is 5.69 Å². The van der Waals surface area contributed by atoms with E-state index in [0.29, 0.717) is 12.3 Å². The Balaban J connectivity index is 2.30. The van der Waals surface area contributed by atoms with Crippen LogP contribution in [0.2, 0.25) is 0 Å². The molecule has 0 aliphatic carbocycles. The monoisotopic (exact) mass is 289 g/mol. The first-order valence-electron chi connectivity index (χ1n) is 6.17. The first kappa shape index (κ1) is 14.5. The SMILES string of the molecule is COc1ccccc1CNc1nc(N)nc(C)c1[N+](=O)[O-]. The Morgan fingerprint density at radius 2 is 2.10 bits per heavy atom. The normalized spacial score (nSPS) is 10.2. The van der Waals surface area contributed by atoms with Gasteiger partial charge in [0.25, 0.3) is 0 Å². The van der Waals surface area contributed by atoms with E-state index in [0.717, 1.165) is 5.56 Å². The number of para-hydroxylation sites is 1. The Labute approximate surface area is 121 Å². The van der Waals surface area contributed by atoms with Crippen molar-refractivity contribution in [3.05, 3.63) is 45.6 Å². The Bertz CT molecular complexity index is 675. The molecule has 21 heavy (non-hydrogen) atoms. The number of benzene rings is 1. The molecule has 0 unspecified atom stereocenters. The van der Waals surface area contributed by atoms with Crippen LogP contribution in [-0.4, -0.2) is 22.0 Å². The molecule has 0 radical (unpaired) electrons. The predicted molar refractivity (Wildman–Crippen MR) is 78.2 cm³/mol. The van der Waals surface area contributed by atoms with E-state index >= 15 is 0 Å². The number of ether oxygens (including phenoxy) is 1. The van der Waals surface area contributed by atoms with Crippen molar-refractivity contribution in [2.45, 2.75) is 13.5 Å². The summed E-state index contributed by atoms with van der Waals surface area (Å²) in [5.74, 6) is 0.767. The molecule has 3 N–H and O–H groups in total. The summed E-state index contributed by atoms with van der Waals surface area (Å²) in [5, 5.41) is 14.0. The summed E-state index contributed by atoms with van der Waals surface area (Å²) in [6.07, 6.45) is 0. The fourth-order valence-electron chi connectivity index (χ4n) is 1.96. The van der Waals surface area contributed by atoms with Gasteiger partial charge in [-0.3, -0.25) is 10.1 Å². The van der Waals surface area contributed by atoms with Crippen LogP contribution in [0.1, 0.15) is 11.3 Å². The molecular weight excluding hydrogens is 274 g/mol. The molecule has 0 saturated carbocycles. The van der Waals surface area contributed by atoms with Crippen molar-refractivity contribution >= 4 is 17.5 Å². The van der Waals surface area contributed by atoms with Gasteiger partial charge in [-0.25, -0.2) is 4.98 Å². The van der Waals surface area contributed by atoms with Crippen molar-refractivity contribution in [1.82, 2.24) is 9.97 Å². The highest BCUT2D eigenvalue weighted by Gasteiger charge is 2.21.